The third-order valence-corrected chi connectivity index (χ3v) is 2.53. The number of carbonyl (C=O) groups excluding carboxylic acids is 1. The summed E-state index contributed by atoms with van der Waals surface area (Å²) in [6, 6.07) is 10.1. The van der Waals surface area contributed by atoms with Crippen LogP contribution in [0.1, 0.15) is 11.6 Å². The average Bonchev–Trinajstić information content (AvgIpc) is 2.45. The molecule has 1 aromatic carbocycles. The lowest BCUT2D eigenvalue weighted by Crippen LogP contribution is -2.28. The molecule has 0 saturated heterocycles. The number of methoxy groups -OCH3 is 1. The molecule has 2 aromatic rings. The maximum absolute atomic E-state index is 11.5. The minimum atomic E-state index is -0.687. The minimum Gasteiger partial charge on any atom is -0.481 e. The van der Waals surface area contributed by atoms with E-state index in [1.54, 1.807) is 6.07 Å². The Labute approximate surface area is 110 Å². The lowest BCUT2D eigenvalue weighted by molar-refractivity contribution is -0.118. The van der Waals surface area contributed by atoms with Gasteiger partial charge in [-0.1, -0.05) is 30.3 Å². The highest BCUT2D eigenvalue weighted by molar-refractivity contribution is 5.83. The summed E-state index contributed by atoms with van der Waals surface area (Å²) in [6.45, 7) is 0. The van der Waals surface area contributed by atoms with Crippen LogP contribution < -0.4 is 15.8 Å². The first-order valence-electron chi connectivity index (χ1n) is 5.68. The molecular formula is C13H14N4O2. The smallest absolute Gasteiger partial charge is 0.244 e. The molecule has 2 rings (SSSR count). The summed E-state index contributed by atoms with van der Waals surface area (Å²) in [4.78, 5) is 19.6. The van der Waals surface area contributed by atoms with Gasteiger partial charge in [0, 0.05) is 12.3 Å². The number of carbonyl (C=O) groups is 1. The molecule has 0 saturated carbocycles. The van der Waals surface area contributed by atoms with E-state index in [-0.39, 0.29) is 5.95 Å². The topological polar surface area (TPSA) is 90.1 Å². The van der Waals surface area contributed by atoms with E-state index in [1.807, 2.05) is 30.3 Å². The number of hydrogen-bond donors (Lipinski definition) is 2. The Hall–Kier alpha value is -2.63. The molecule has 1 aromatic heterocycles. The first kappa shape index (κ1) is 12.8. The summed E-state index contributed by atoms with van der Waals surface area (Å²) in [6.07, 6.45) is 1.54. The van der Waals surface area contributed by atoms with E-state index in [0.717, 1.165) is 5.56 Å². The summed E-state index contributed by atoms with van der Waals surface area (Å²) < 4.78 is 5.00. The van der Waals surface area contributed by atoms with Crippen molar-refractivity contribution in [3.63, 3.8) is 0 Å². The summed E-state index contributed by atoms with van der Waals surface area (Å²) in [5.74, 6) is 0.193. The van der Waals surface area contributed by atoms with Gasteiger partial charge in [0.1, 0.15) is 6.04 Å². The van der Waals surface area contributed by atoms with Gasteiger partial charge in [-0.2, -0.15) is 4.98 Å². The van der Waals surface area contributed by atoms with E-state index in [1.165, 1.54) is 13.3 Å². The molecule has 1 amide bonds. The molecule has 1 atom stereocenters. The number of nitrogens with two attached hydrogens (primary N) is 1. The van der Waals surface area contributed by atoms with Crippen molar-refractivity contribution in [2.24, 2.45) is 5.73 Å². The zero-order valence-corrected chi connectivity index (χ0v) is 10.4. The number of nitrogens with zero attached hydrogens (tertiary/aromatic N) is 2. The molecule has 0 fully saturated rings. The van der Waals surface area contributed by atoms with Crippen LogP contribution in [0.3, 0.4) is 0 Å². The average molecular weight is 258 g/mol. The van der Waals surface area contributed by atoms with Crippen LogP contribution in [0.2, 0.25) is 0 Å². The first-order valence-corrected chi connectivity index (χ1v) is 5.68. The van der Waals surface area contributed by atoms with Crippen LogP contribution in [0.4, 0.5) is 5.95 Å². The van der Waals surface area contributed by atoms with Gasteiger partial charge in [0.25, 0.3) is 0 Å². The lowest BCUT2D eigenvalue weighted by atomic mass is 10.1. The summed E-state index contributed by atoms with van der Waals surface area (Å²) >= 11 is 0. The molecule has 0 aliphatic rings. The first-order chi connectivity index (χ1) is 9.20. The molecule has 19 heavy (non-hydrogen) atoms. The minimum absolute atomic E-state index is 0.284. The van der Waals surface area contributed by atoms with Crippen molar-refractivity contribution < 1.29 is 9.53 Å². The van der Waals surface area contributed by atoms with Crippen molar-refractivity contribution in [1.82, 2.24) is 9.97 Å². The number of hydrogen-bond acceptors (Lipinski definition) is 5. The fourth-order valence-electron chi connectivity index (χ4n) is 1.62. The van der Waals surface area contributed by atoms with Crippen LogP contribution in [0.25, 0.3) is 0 Å². The van der Waals surface area contributed by atoms with Gasteiger partial charge in [0.2, 0.25) is 17.7 Å². The largest absolute Gasteiger partial charge is 0.481 e. The van der Waals surface area contributed by atoms with Gasteiger partial charge in [-0.15, -0.1) is 0 Å². The van der Waals surface area contributed by atoms with Crippen LogP contribution in [0.15, 0.2) is 42.6 Å². The number of rotatable bonds is 5. The van der Waals surface area contributed by atoms with E-state index in [2.05, 4.69) is 15.3 Å². The Balaban J connectivity index is 2.24. The molecule has 0 bridgehead atoms. The Morgan fingerprint density at radius 1 is 1.32 bits per heavy atom. The van der Waals surface area contributed by atoms with Gasteiger partial charge in [-0.3, -0.25) is 4.79 Å². The number of primary amides is 1. The quantitative estimate of drug-likeness (QED) is 0.838. The SMILES string of the molecule is COc1ccnc(NC(C(N)=O)c2ccccc2)n1. The Morgan fingerprint density at radius 3 is 2.68 bits per heavy atom. The van der Waals surface area contributed by atoms with Crippen LogP contribution in [-0.4, -0.2) is 23.0 Å². The standard InChI is InChI=1S/C13H14N4O2/c1-19-10-7-8-15-13(16-10)17-11(12(14)18)9-5-3-2-4-6-9/h2-8,11H,1H3,(H2,14,18)(H,15,16,17). The molecule has 0 radical (unpaired) electrons. The van der Waals surface area contributed by atoms with Gasteiger partial charge in [-0.05, 0) is 5.56 Å². The third kappa shape index (κ3) is 3.19. The second kappa shape index (κ2) is 5.81. The fraction of sp³-hybridized carbons (Fsp3) is 0.154. The molecule has 98 valence electrons. The van der Waals surface area contributed by atoms with Crippen molar-refractivity contribution in [3.8, 4) is 5.88 Å². The zero-order chi connectivity index (χ0) is 13.7. The molecule has 3 N–H and O–H groups in total. The van der Waals surface area contributed by atoms with E-state index in [4.69, 9.17) is 10.5 Å². The summed E-state index contributed by atoms with van der Waals surface area (Å²) in [7, 11) is 1.51. The van der Waals surface area contributed by atoms with Crippen LogP contribution in [0, 0.1) is 0 Å². The zero-order valence-electron chi connectivity index (χ0n) is 10.4. The van der Waals surface area contributed by atoms with Crippen molar-refractivity contribution in [2.75, 3.05) is 12.4 Å². The Morgan fingerprint density at radius 2 is 2.05 bits per heavy atom. The van der Waals surface area contributed by atoms with Crippen molar-refractivity contribution in [2.45, 2.75) is 6.04 Å². The van der Waals surface area contributed by atoms with Crippen molar-refractivity contribution >= 4 is 11.9 Å². The third-order valence-electron chi connectivity index (χ3n) is 2.53. The predicted molar refractivity (Wildman–Crippen MR) is 70.6 cm³/mol. The second-order valence-corrected chi connectivity index (χ2v) is 3.81. The highest BCUT2D eigenvalue weighted by Gasteiger charge is 2.18. The maximum atomic E-state index is 11.5. The van der Waals surface area contributed by atoms with Gasteiger partial charge in [-0.25, -0.2) is 4.98 Å². The molecule has 0 aliphatic carbocycles. The number of nitrogens with one attached hydrogen (secondary N) is 1. The van der Waals surface area contributed by atoms with Gasteiger partial charge < -0.3 is 15.8 Å². The summed E-state index contributed by atoms with van der Waals surface area (Å²) in [5, 5.41) is 2.89. The van der Waals surface area contributed by atoms with Gasteiger partial charge >= 0.3 is 0 Å². The van der Waals surface area contributed by atoms with Crippen molar-refractivity contribution in [1.29, 1.82) is 0 Å². The van der Waals surface area contributed by atoms with Crippen LogP contribution in [-0.2, 0) is 4.79 Å². The monoisotopic (exact) mass is 258 g/mol. The summed E-state index contributed by atoms with van der Waals surface area (Å²) in [5.41, 5.74) is 6.15. The second-order valence-electron chi connectivity index (χ2n) is 3.81. The predicted octanol–water partition coefficient (Wildman–Crippen LogP) is 1.12. The fourth-order valence-corrected chi connectivity index (χ4v) is 1.62. The van der Waals surface area contributed by atoms with Crippen LogP contribution >= 0.6 is 0 Å². The van der Waals surface area contributed by atoms with E-state index >= 15 is 0 Å². The van der Waals surface area contributed by atoms with Crippen LogP contribution in [0.5, 0.6) is 5.88 Å². The molecule has 6 nitrogen and oxygen atoms in total. The molecule has 0 spiro atoms. The highest BCUT2D eigenvalue weighted by Crippen LogP contribution is 2.17. The Bertz CT molecular complexity index is 560. The number of amides is 1. The normalized spacial score (nSPS) is 11.6. The molecule has 6 heteroatoms. The number of benzene rings is 1. The van der Waals surface area contributed by atoms with E-state index in [9.17, 15) is 4.79 Å². The number of ether oxygens (including phenoxy) is 1. The maximum Gasteiger partial charge on any atom is 0.244 e. The van der Waals surface area contributed by atoms with Crippen molar-refractivity contribution in [3.05, 3.63) is 48.2 Å². The molecule has 0 aliphatic heterocycles. The number of aromatic nitrogens is 2. The molecule has 1 unspecified atom stereocenters. The highest BCUT2D eigenvalue weighted by atomic mass is 16.5. The van der Waals surface area contributed by atoms with Gasteiger partial charge in [0.15, 0.2) is 0 Å². The molecule has 1 heterocycles. The van der Waals surface area contributed by atoms with E-state index in [0.29, 0.717) is 5.88 Å². The molecular weight excluding hydrogens is 244 g/mol. The van der Waals surface area contributed by atoms with E-state index < -0.39 is 11.9 Å². The number of anilines is 1. The van der Waals surface area contributed by atoms with Gasteiger partial charge in [0.05, 0.1) is 7.11 Å². The Kier molecular flexibility index (Phi) is 3.92. The lowest BCUT2D eigenvalue weighted by Gasteiger charge is -2.15.